The average Bonchev–Trinajstić information content (AvgIpc) is 2.90. The van der Waals surface area contributed by atoms with Gasteiger partial charge in [-0.05, 0) is 46.6 Å². The largest absolute Gasteiger partial charge is 0.508 e. The number of alkyl carbamates (subject to hydrolysis) is 1. The molecule has 0 saturated heterocycles. The van der Waals surface area contributed by atoms with Crippen LogP contribution >= 0.6 is 0 Å². The molecule has 0 spiro atoms. The summed E-state index contributed by atoms with van der Waals surface area (Å²) >= 11 is 0. The number of benzene rings is 1. The number of amides is 1. The molecule has 14 nitrogen and oxygen atoms in total. The highest BCUT2D eigenvalue weighted by Gasteiger charge is 2.22. The van der Waals surface area contributed by atoms with Gasteiger partial charge in [0.25, 0.3) is 5.69 Å². The fourth-order valence-corrected chi connectivity index (χ4v) is 2.81. The Morgan fingerprint density at radius 3 is 2.17 bits per heavy atom. The van der Waals surface area contributed by atoms with Gasteiger partial charge in [-0.15, -0.1) is 6.58 Å². The average molecular weight is 575 g/mol. The number of hydrogen-bond donors (Lipinski definition) is 2. The Bertz CT molecular complexity index is 908. The van der Waals surface area contributed by atoms with Crippen molar-refractivity contribution in [2.75, 3.05) is 40.6 Å². The topological polar surface area (TPSA) is 174 Å². The number of allylic oxidation sites excluding steroid dienone is 1. The molecule has 0 aliphatic heterocycles. The van der Waals surface area contributed by atoms with E-state index in [0.29, 0.717) is 19.4 Å². The van der Waals surface area contributed by atoms with E-state index in [1.165, 1.54) is 33.3 Å². The van der Waals surface area contributed by atoms with E-state index in [1.54, 1.807) is 19.9 Å². The molecule has 2 N–H and O–H groups in total. The first-order valence-corrected chi connectivity index (χ1v) is 12.6. The zero-order chi connectivity index (χ0) is 30.5. The second-order valence-corrected chi connectivity index (χ2v) is 8.39. The molecular formula is C26H42N2O12. The van der Waals surface area contributed by atoms with Crippen molar-refractivity contribution in [3.05, 3.63) is 40.5 Å². The first-order valence-electron chi connectivity index (χ1n) is 12.6. The van der Waals surface area contributed by atoms with Gasteiger partial charge in [-0.1, -0.05) is 6.08 Å². The molecule has 0 aromatic heterocycles. The number of carbonyl (C=O) groups is 2. The SMILES string of the molecule is C=CC.COc1cc(COC(=O)NC(COC(=O)OCCCCOC(C)O)COC(C)C)c([N+](=O)[O-])cc1OC. The fourth-order valence-electron chi connectivity index (χ4n) is 2.81. The summed E-state index contributed by atoms with van der Waals surface area (Å²) in [7, 11) is 2.72. The lowest BCUT2D eigenvalue weighted by Gasteiger charge is -2.20. The summed E-state index contributed by atoms with van der Waals surface area (Å²) < 4.78 is 35.8. The zero-order valence-corrected chi connectivity index (χ0v) is 24.0. The van der Waals surface area contributed by atoms with Gasteiger partial charge in [0.15, 0.2) is 17.8 Å². The lowest BCUT2D eigenvalue weighted by atomic mass is 10.1. The van der Waals surface area contributed by atoms with Crippen LogP contribution in [0.1, 0.15) is 46.1 Å². The number of nitro benzene ring substituents is 1. The summed E-state index contributed by atoms with van der Waals surface area (Å²) in [6, 6.07) is 1.75. The first kappa shape index (κ1) is 36.4. The smallest absolute Gasteiger partial charge is 0.493 e. The molecular weight excluding hydrogens is 532 g/mol. The summed E-state index contributed by atoms with van der Waals surface area (Å²) in [5, 5.41) is 22.9. The number of carbonyl (C=O) groups excluding carboxylic acids is 2. The molecule has 1 amide bonds. The van der Waals surface area contributed by atoms with Crippen LogP contribution in [0.4, 0.5) is 15.3 Å². The van der Waals surface area contributed by atoms with Gasteiger partial charge < -0.3 is 43.6 Å². The minimum Gasteiger partial charge on any atom is -0.493 e. The molecule has 14 heteroatoms. The van der Waals surface area contributed by atoms with Crippen molar-refractivity contribution in [3.8, 4) is 11.5 Å². The van der Waals surface area contributed by atoms with E-state index in [4.69, 9.17) is 38.3 Å². The molecule has 1 aromatic carbocycles. The monoisotopic (exact) mass is 574 g/mol. The molecule has 0 saturated carbocycles. The minimum absolute atomic E-state index is 0.00718. The maximum Gasteiger partial charge on any atom is 0.508 e. The second-order valence-electron chi connectivity index (χ2n) is 8.39. The van der Waals surface area contributed by atoms with Crippen LogP contribution in [0.2, 0.25) is 0 Å². The van der Waals surface area contributed by atoms with Crippen LogP contribution in [0.5, 0.6) is 11.5 Å². The molecule has 2 atom stereocenters. The summed E-state index contributed by atoms with van der Waals surface area (Å²) in [4.78, 5) is 35.0. The number of aliphatic hydroxyl groups is 1. The van der Waals surface area contributed by atoms with Crippen LogP contribution in [0, 0.1) is 10.1 Å². The van der Waals surface area contributed by atoms with E-state index in [1.807, 2.05) is 6.92 Å². The Kier molecular flexibility index (Phi) is 19.3. The molecule has 228 valence electrons. The highest BCUT2D eigenvalue weighted by atomic mass is 16.7. The molecule has 1 rings (SSSR count). The van der Waals surface area contributed by atoms with Gasteiger partial charge in [0.1, 0.15) is 13.2 Å². The number of nitro groups is 1. The third kappa shape index (κ3) is 16.4. The van der Waals surface area contributed by atoms with Gasteiger partial charge >= 0.3 is 12.2 Å². The Labute approximate surface area is 234 Å². The molecule has 1 aromatic rings. The number of methoxy groups -OCH3 is 2. The summed E-state index contributed by atoms with van der Waals surface area (Å²) in [5.74, 6) is 0.392. The molecule has 2 unspecified atom stereocenters. The molecule has 0 fully saturated rings. The van der Waals surface area contributed by atoms with Gasteiger partial charge in [0.05, 0.1) is 56.1 Å². The van der Waals surface area contributed by atoms with E-state index in [9.17, 15) is 19.7 Å². The minimum atomic E-state index is -0.929. The first-order chi connectivity index (χ1) is 19.0. The zero-order valence-electron chi connectivity index (χ0n) is 24.0. The van der Waals surface area contributed by atoms with Gasteiger partial charge in [-0.3, -0.25) is 10.1 Å². The Morgan fingerprint density at radius 2 is 1.62 bits per heavy atom. The van der Waals surface area contributed by atoms with Gasteiger partial charge in [-0.25, -0.2) is 9.59 Å². The number of nitrogens with one attached hydrogen (secondary N) is 1. The molecule has 0 radical (unpaired) electrons. The third-order valence-electron chi connectivity index (χ3n) is 4.61. The van der Waals surface area contributed by atoms with E-state index in [-0.39, 0.29) is 48.7 Å². The third-order valence-corrected chi connectivity index (χ3v) is 4.61. The van der Waals surface area contributed by atoms with Crippen molar-refractivity contribution in [2.45, 2.75) is 65.6 Å². The Hall–Kier alpha value is -3.62. The van der Waals surface area contributed by atoms with E-state index in [0.717, 1.165) is 0 Å². The maximum absolute atomic E-state index is 12.4. The molecule has 40 heavy (non-hydrogen) atoms. The van der Waals surface area contributed by atoms with Crippen molar-refractivity contribution in [1.82, 2.24) is 5.32 Å². The number of nitrogens with zero attached hydrogens (tertiary/aromatic N) is 1. The predicted octanol–water partition coefficient (Wildman–Crippen LogP) is 4.11. The van der Waals surface area contributed by atoms with E-state index >= 15 is 0 Å². The van der Waals surface area contributed by atoms with Gasteiger partial charge in [0, 0.05) is 6.61 Å². The molecule has 0 aliphatic rings. The Morgan fingerprint density at radius 1 is 1.02 bits per heavy atom. The van der Waals surface area contributed by atoms with E-state index < -0.39 is 36.1 Å². The van der Waals surface area contributed by atoms with Crippen molar-refractivity contribution in [1.29, 1.82) is 0 Å². The lowest BCUT2D eigenvalue weighted by molar-refractivity contribution is -0.385. The predicted molar refractivity (Wildman–Crippen MR) is 144 cm³/mol. The highest BCUT2D eigenvalue weighted by molar-refractivity contribution is 5.68. The standard InChI is InChI=1S/C23H36N2O12.C3H6/c1-15(2)35-13-18(14-37-23(28)34-9-7-6-8-33-16(3)26)24-22(27)36-12-17-10-20(31-4)21(32-5)11-19(17)25(29)30;1-3-2/h10-11,15-16,18,26H,6-9,12-14H2,1-5H3,(H,24,27);3H,1H2,2H3. The second kappa shape index (κ2) is 21.2. The van der Waals surface area contributed by atoms with Crippen molar-refractivity contribution < 1.29 is 52.8 Å². The van der Waals surface area contributed by atoms with Crippen molar-refractivity contribution in [2.24, 2.45) is 0 Å². The van der Waals surface area contributed by atoms with Crippen LogP contribution in [0.3, 0.4) is 0 Å². The Balaban J connectivity index is 0.00000483. The molecule has 0 aliphatic carbocycles. The summed E-state index contributed by atoms with van der Waals surface area (Å²) in [6.07, 6.45) is -0.0168. The van der Waals surface area contributed by atoms with Crippen LogP contribution in [-0.2, 0) is 30.3 Å². The lowest BCUT2D eigenvalue weighted by Crippen LogP contribution is -2.42. The number of aliphatic hydroxyl groups excluding tert-OH is 1. The summed E-state index contributed by atoms with van der Waals surface area (Å²) in [5.41, 5.74) is -0.222. The number of unbranched alkanes of at least 4 members (excludes halogenated alkanes) is 1. The van der Waals surface area contributed by atoms with Crippen LogP contribution < -0.4 is 14.8 Å². The maximum atomic E-state index is 12.4. The number of ether oxygens (including phenoxy) is 7. The van der Waals surface area contributed by atoms with Crippen LogP contribution in [0.25, 0.3) is 0 Å². The fraction of sp³-hybridized carbons (Fsp3) is 0.615. The van der Waals surface area contributed by atoms with E-state index in [2.05, 4.69) is 11.9 Å². The quantitative estimate of drug-likeness (QED) is 0.0681. The van der Waals surface area contributed by atoms with Crippen molar-refractivity contribution in [3.63, 3.8) is 0 Å². The number of rotatable bonds is 17. The molecule has 0 heterocycles. The molecule has 0 bridgehead atoms. The van der Waals surface area contributed by atoms with Crippen LogP contribution in [0.15, 0.2) is 24.8 Å². The normalized spacial score (nSPS) is 11.8. The summed E-state index contributed by atoms with van der Waals surface area (Å²) in [6.45, 7) is 10.1. The van der Waals surface area contributed by atoms with Crippen molar-refractivity contribution >= 4 is 17.9 Å². The van der Waals surface area contributed by atoms with Crippen LogP contribution in [-0.4, -0.2) is 81.4 Å². The highest BCUT2D eigenvalue weighted by Crippen LogP contribution is 2.34. The number of hydrogen-bond acceptors (Lipinski definition) is 12. The van der Waals surface area contributed by atoms with Gasteiger partial charge in [0.2, 0.25) is 0 Å². The van der Waals surface area contributed by atoms with Gasteiger partial charge in [-0.2, -0.15) is 0 Å².